The third-order valence-corrected chi connectivity index (χ3v) is 4.45. The molecule has 3 rings (SSSR count). The van der Waals surface area contributed by atoms with E-state index in [9.17, 15) is 29.1 Å². The molecule has 34 heavy (non-hydrogen) atoms. The second kappa shape index (κ2) is 9.61. The quantitative estimate of drug-likeness (QED) is 0.504. The SMILES string of the molecule is CC(=O)Oc1cc(OC(C)=O)c2c(c1)O[C@H](c1ccc(OC(C)=O)c(O)c1)[C@@H](OC(C)=O)C2=O. The normalized spacial score (nSPS) is 16.5. The summed E-state index contributed by atoms with van der Waals surface area (Å²) in [6, 6.07) is 6.26. The average molecular weight is 472 g/mol. The van der Waals surface area contributed by atoms with E-state index in [2.05, 4.69) is 0 Å². The van der Waals surface area contributed by atoms with Crippen molar-refractivity contribution in [2.75, 3.05) is 0 Å². The molecule has 0 spiro atoms. The summed E-state index contributed by atoms with van der Waals surface area (Å²) in [5, 5.41) is 10.2. The number of carbonyl (C=O) groups excluding carboxylic acids is 5. The van der Waals surface area contributed by atoms with Crippen LogP contribution >= 0.6 is 0 Å². The van der Waals surface area contributed by atoms with Gasteiger partial charge in [0.15, 0.2) is 17.6 Å². The van der Waals surface area contributed by atoms with Gasteiger partial charge in [0, 0.05) is 45.4 Å². The van der Waals surface area contributed by atoms with Gasteiger partial charge in [0.25, 0.3) is 0 Å². The number of carbonyl (C=O) groups is 5. The molecule has 0 aliphatic carbocycles. The maximum Gasteiger partial charge on any atom is 0.308 e. The van der Waals surface area contributed by atoms with E-state index >= 15 is 0 Å². The molecule has 0 fully saturated rings. The number of fused-ring (bicyclic) bond motifs is 1. The van der Waals surface area contributed by atoms with Crippen molar-refractivity contribution in [2.45, 2.75) is 39.9 Å². The zero-order chi connectivity index (χ0) is 25.2. The van der Waals surface area contributed by atoms with Crippen molar-refractivity contribution in [3.05, 3.63) is 41.5 Å². The largest absolute Gasteiger partial charge is 0.504 e. The van der Waals surface area contributed by atoms with Gasteiger partial charge in [-0.15, -0.1) is 0 Å². The summed E-state index contributed by atoms with van der Waals surface area (Å²) in [5.41, 5.74) is -0.0000604. The van der Waals surface area contributed by atoms with Gasteiger partial charge in [-0.25, -0.2) is 0 Å². The lowest BCUT2D eigenvalue weighted by Crippen LogP contribution is -2.40. The number of hydrogen-bond acceptors (Lipinski definition) is 11. The van der Waals surface area contributed by atoms with Crippen LogP contribution in [0.3, 0.4) is 0 Å². The molecule has 178 valence electrons. The van der Waals surface area contributed by atoms with E-state index < -0.39 is 47.6 Å². The van der Waals surface area contributed by atoms with Gasteiger partial charge in [-0.2, -0.15) is 0 Å². The highest BCUT2D eigenvalue weighted by molar-refractivity contribution is 6.07. The minimum Gasteiger partial charge on any atom is -0.504 e. The predicted molar refractivity (Wildman–Crippen MR) is 112 cm³/mol. The molecule has 0 bridgehead atoms. The summed E-state index contributed by atoms with van der Waals surface area (Å²) >= 11 is 0. The van der Waals surface area contributed by atoms with Crippen LogP contribution in [0.2, 0.25) is 0 Å². The molecule has 1 N–H and O–H groups in total. The van der Waals surface area contributed by atoms with Crippen molar-refractivity contribution in [3.8, 4) is 28.7 Å². The molecule has 0 saturated carbocycles. The molecule has 0 radical (unpaired) electrons. The highest BCUT2D eigenvalue weighted by Crippen LogP contribution is 2.44. The predicted octanol–water partition coefficient (Wildman–Crippen LogP) is 2.42. The van der Waals surface area contributed by atoms with E-state index in [1.807, 2.05) is 0 Å². The number of ketones is 1. The van der Waals surface area contributed by atoms with Crippen LogP contribution in [0.1, 0.15) is 49.7 Å². The molecule has 11 heteroatoms. The van der Waals surface area contributed by atoms with E-state index in [1.54, 1.807) is 0 Å². The van der Waals surface area contributed by atoms with Crippen molar-refractivity contribution in [2.24, 2.45) is 0 Å². The topological polar surface area (TPSA) is 152 Å². The van der Waals surface area contributed by atoms with E-state index in [1.165, 1.54) is 24.3 Å². The second-order valence-electron chi connectivity index (χ2n) is 7.24. The van der Waals surface area contributed by atoms with Crippen LogP contribution in [0.15, 0.2) is 30.3 Å². The summed E-state index contributed by atoms with van der Waals surface area (Å²) in [4.78, 5) is 59.3. The van der Waals surface area contributed by atoms with Gasteiger partial charge in [0.1, 0.15) is 22.8 Å². The van der Waals surface area contributed by atoms with E-state index in [0.29, 0.717) is 0 Å². The number of esters is 4. The zero-order valence-corrected chi connectivity index (χ0v) is 18.6. The fourth-order valence-corrected chi connectivity index (χ4v) is 3.33. The van der Waals surface area contributed by atoms with Gasteiger partial charge in [0.2, 0.25) is 11.9 Å². The Bertz CT molecular complexity index is 1200. The third-order valence-electron chi connectivity index (χ3n) is 4.45. The van der Waals surface area contributed by atoms with Gasteiger partial charge in [-0.05, 0) is 12.1 Å². The molecule has 1 aliphatic rings. The zero-order valence-electron chi connectivity index (χ0n) is 18.6. The van der Waals surface area contributed by atoms with E-state index in [4.69, 9.17) is 23.7 Å². The minimum atomic E-state index is -1.52. The molecule has 11 nitrogen and oxygen atoms in total. The summed E-state index contributed by atoms with van der Waals surface area (Å²) in [5.74, 6) is -4.61. The molecular formula is C23H20O11. The molecular weight excluding hydrogens is 452 g/mol. The van der Waals surface area contributed by atoms with Gasteiger partial charge in [0.05, 0.1) is 0 Å². The standard InChI is InChI=1S/C23H20O11/c1-10(24)30-15-8-18(32-12(3)26)20-19(9-15)34-22(23(21(20)29)33-13(4)27)14-5-6-17(16(28)7-14)31-11(2)25/h5-9,22-23,28H,1-4H3/t22-,23+/m1/s1. The fourth-order valence-electron chi connectivity index (χ4n) is 3.33. The van der Waals surface area contributed by atoms with Crippen LogP contribution in [0.4, 0.5) is 0 Å². The Hall–Kier alpha value is -4.41. The first-order chi connectivity index (χ1) is 16.0. The number of aromatic hydroxyl groups is 1. The summed E-state index contributed by atoms with van der Waals surface area (Å²) in [6.45, 7) is 4.52. The Balaban J connectivity index is 2.14. The Kier molecular flexibility index (Phi) is 6.85. The van der Waals surface area contributed by atoms with Gasteiger partial charge < -0.3 is 28.8 Å². The van der Waals surface area contributed by atoms with Crippen LogP contribution in [0, 0.1) is 0 Å². The number of benzene rings is 2. The number of ether oxygens (including phenoxy) is 5. The highest BCUT2D eigenvalue weighted by Gasteiger charge is 2.43. The van der Waals surface area contributed by atoms with Crippen molar-refractivity contribution < 1.29 is 52.8 Å². The Morgan fingerprint density at radius 2 is 1.44 bits per heavy atom. The summed E-state index contributed by atoms with van der Waals surface area (Å²) < 4.78 is 26.2. The lowest BCUT2D eigenvalue weighted by atomic mass is 9.92. The molecule has 0 saturated heterocycles. The van der Waals surface area contributed by atoms with Crippen molar-refractivity contribution in [3.63, 3.8) is 0 Å². The lowest BCUT2D eigenvalue weighted by molar-refractivity contribution is -0.149. The van der Waals surface area contributed by atoms with Gasteiger partial charge >= 0.3 is 23.9 Å². The minimum absolute atomic E-state index is 0.0620. The number of hydrogen-bond donors (Lipinski definition) is 1. The van der Waals surface area contributed by atoms with Crippen LogP contribution in [-0.2, 0) is 23.9 Å². The first kappa shape index (κ1) is 24.2. The molecule has 1 heterocycles. The number of Topliss-reactive ketones (excluding diaryl/α,β-unsaturated/α-hetero) is 1. The Morgan fingerprint density at radius 3 is 2.00 bits per heavy atom. The molecule has 2 atom stereocenters. The molecule has 0 aromatic heterocycles. The Morgan fingerprint density at radius 1 is 0.824 bits per heavy atom. The first-order valence-corrected chi connectivity index (χ1v) is 9.90. The van der Waals surface area contributed by atoms with Gasteiger partial charge in [-0.1, -0.05) is 6.07 Å². The van der Waals surface area contributed by atoms with E-state index in [0.717, 1.165) is 33.8 Å². The van der Waals surface area contributed by atoms with Crippen molar-refractivity contribution in [1.82, 2.24) is 0 Å². The summed E-state index contributed by atoms with van der Waals surface area (Å²) in [7, 11) is 0. The van der Waals surface area contributed by atoms with Crippen LogP contribution in [0.25, 0.3) is 0 Å². The number of rotatable bonds is 5. The molecule has 1 aliphatic heterocycles. The number of phenolic OH excluding ortho intramolecular Hbond substituents is 1. The second-order valence-corrected chi connectivity index (χ2v) is 7.24. The fraction of sp³-hybridized carbons (Fsp3) is 0.261. The number of phenols is 1. The maximum atomic E-state index is 13.4. The van der Waals surface area contributed by atoms with E-state index in [-0.39, 0.29) is 34.1 Å². The van der Waals surface area contributed by atoms with Crippen LogP contribution < -0.4 is 18.9 Å². The van der Waals surface area contributed by atoms with Gasteiger partial charge in [-0.3, -0.25) is 24.0 Å². The summed E-state index contributed by atoms with van der Waals surface area (Å²) in [6.07, 6.45) is -2.77. The van der Waals surface area contributed by atoms with Crippen molar-refractivity contribution >= 4 is 29.7 Å². The van der Waals surface area contributed by atoms with Crippen molar-refractivity contribution in [1.29, 1.82) is 0 Å². The third kappa shape index (κ3) is 5.31. The molecule has 0 amide bonds. The maximum absolute atomic E-state index is 13.4. The molecule has 2 aromatic carbocycles. The molecule has 2 aromatic rings. The lowest BCUT2D eigenvalue weighted by Gasteiger charge is -2.33. The van der Waals surface area contributed by atoms with Crippen LogP contribution in [-0.4, -0.2) is 40.9 Å². The smallest absolute Gasteiger partial charge is 0.308 e. The first-order valence-electron chi connectivity index (χ1n) is 9.90. The Labute approximate surface area is 193 Å². The monoisotopic (exact) mass is 472 g/mol. The molecule has 0 unspecified atom stereocenters. The average Bonchev–Trinajstić information content (AvgIpc) is 2.69. The van der Waals surface area contributed by atoms with Crippen LogP contribution in [0.5, 0.6) is 28.7 Å². The highest BCUT2D eigenvalue weighted by atomic mass is 16.6.